The smallest absolute Gasteiger partial charge is 0.342 e. The SMILES string of the molecule is CCCCN(CCBr)C(=O)C1CCCCC1C(F)(F)F. The molecular formula is C14H23BrF3NO. The predicted octanol–water partition coefficient (Wildman–Crippen LogP) is 4.38. The van der Waals surface area contributed by atoms with Crippen molar-refractivity contribution in [1.29, 1.82) is 0 Å². The van der Waals surface area contributed by atoms with Gasteiger partial charge in [0.05, 0.1) is 5.92 Å². The normalized spacial score (nSPS) is 23.6. The van der Waals surface area contributed by atoms with Gasteiger partial charge in [-0.3, -0.25) is 4.79 Å². The molecule has 118 valence electrons. The van der Waals surface area contributed by atoms with Gasteiger partial charge in [0, 0.05) is 24.3 Å². The summed E-state index contributed by atoms with van der Waals surface area (Å²) < 4.78 is 39.2. The van der Waals surface area contributed by atoms with Gasteiger partial charge in [0.15, 0.2) is 0 Å². The molecule has 0 bridgehead atoms. The van der Waals surface area contributed by atoms with Crippen molar-refractivity contribution in [3.63, 3.8) is 0 Å². The van der Waals surface area contributed by atoms with Gasteiger partial charge in [0.2, 0.25) is 5.91 Å². The van der Waals surface area contributed by atoms with E-state index in [0.29, 0.717) is 31.3 Å². The number of alkyl halides is 4. The second kappa shape index (κ2) is 8.25. The summed E-state index contributed by atoms with van der Waals surface area (Å²) in [5, 5.41) is 0.603. The molecule has 2 unspecified atom stereocenters. The van der Waals surface area contributed by atoms with Crippen molar-refractivity contribution in [1.82, 2.24) is 4.90 Å². The van der Waals surface area contributed by atoms with Crippen LogP contribution in [0.25, 0.3) is 0 Å². The third-order valence-electron chi connectivity index (χ3n) is 3.95. The maximum absolute atomic E-state index is 13.1. The molecule has 0 N–H and O–H groups in total. The standard InChI is InChI=1S/C14H23BrF3NO/c1-2-3-9-19(10-8-15)13(20)11-6-4-5-7-12(11)14(16,17)18/h11-12H,2-10H2,1H3. The summed E-state index contributed by atoms with van der Waals surface area (Å²) in [6.45, 7) is 3.05. The Kier molecular flexibility index (Phi) is 7.34. The molecule has 0 radical (unpaired) electrons. The Balaban J connectivity index is 2.78. The highest BCUT2D eigenvalue weighted by atomic mass is 79.9. The summed E-state index contributed by atoms with van der Waals surface area (Å²) in [6, 6.07) is 0. The average Bonchev–Trinajstić information content (AvgIpc) is 2.42. The number of amides is 1. The van der Waals surface area contributed by atoms with E-state index < -0.39 is 18.0 Å². The van der Waals surface area contributed by atoms with Gasteiger partial charge in [0.25, 0.3) is 0 Å². The fraction of sp³-hybridized carbons (Fsp3) is 0.929. The quantitative estimate of drug-likeness (QED) is 0.646. The topological polar surface area (TPSA) is 20.3 Å². The number of hydrogen-bond donors (Lipinski definition) is 0. The first-order valence-electron chi connectivity index (χ1n) is 7.33. The Morgan fingerprint density at radius 3 is 2.45 bits per heavy atom. The molecule has 1 aliphatic rings. The van der Waals surface area contributed by atoms with Crippen LogP contribution >= 0.6 is 15.9 Å². The first kappa shape index (κ1) is 17.8. The van der Waals surface area contributed by atoms with Crippen LogP contribution in [0.3, 0.4) is 0 Å². The predicted molar refractivity (Wildman–Crippen MR) is 76.8 cm³/mol. The Bertz CT molecular complexity index is 309. The first-order valence-corrected chi connectivity index (χ1v) is 8.45. The number of nitrogens with zero attached hydrogens (tertiary/aromatic N) is 1. The third kappa shape index (κ3) is 4.93. The maximum atomic E-state index is 13.1. The highest BCUT2D eigenvalue weighted by Gasteiger charge is 2.48. The van der Waals surface area contributed by atoms with Gasteiger partial charge in [-0.05, 0) is 19.3 Å². The molecular weight excluding hydrogens is 335 g/mol. The molecule has 1 rings (SSSR count). The number of rotatable bonds is 6. The zero-order valence-electron chi connectivity index (χ0n) is 11.9. The van der Waals surface area contributed by atoms with Crippen molar-refractivity contribution >= 4 is 21.8 Å². The van der Waals surface area contributed by atoms with E-state index in [-0.39, 0.29) is 12.3 Å². The van der Waals surface area contributed by atoms with Gasteiger partial charge in [-0.2, -0.15) is 13.2 Å². The van der Waals surface area contributed by atoms with Gasteiger partial charge in [-0.1, -0.05) is 42.1 Å². The van der Waals surface area contributed by atoms with Crippen LogP contribution in [0.5, 0.6) is 0 Å². The highest BCUT2D eigenvalue weighted by molar-refractivity contribution is 9.09. The highest BCUT2D eigenvalue weighted by Crippen LogP contribution is 2.42. The van der Waals surface area contributed by atoms with E-state index in [1.165, 1.54) is 0 Å². The lowest BCUT2D eigenvalue weighted by atomic mass is 9.78. The van der Waals surface area contributed by atoms with Crippen molar-refractivity contribution in [2.24, 2.45) is 11.8 Å². The Labute approximate surface area is 127 Å². The number of carbonyl (C=O) groups is 1. The summed E-state index contributed by atoms with van der Waals surface area (Å²) in [5.74, 6) is -2.64. The third-order valence-corrected chi connectivity index (χ3v) is 4.31. The minimum atomic E-state index is -4.26. The number of unbranched alkanes of at least 4 members (excludes halogenated alkanes) is 1. The fourth-order valence-electron chi connectivity index (χ4n) is 2.84. The maximum Gasteiger partial charge on any atom is 0.392 e. The monoisotopic (exact) mass is 357 g/mol. The zero-order valence-corrected chi connectivity index (χ0v) is 13.5. The Morgan fingerprint density at radius 1 is 1.25 bits per heavy atom. The van der Waals surface area contributed by atoms with Crippen LogP contribution in [-0.2, 0) is 4.79 Å². The number of carbonyl (C=O) groups excluding carboxylic acids is 1. The minimum Gasteiger partial charge on any atom is -0.342 e. The molecule has 0 heterocycles. The second-order valence-corrected chi connectivity index (χ2v) is 6.20. The molecule has 20 heavy (non-hydrogen) atoms. The summed E-state index contributed by atoms with van der Waals surface area (Å²) in [5.41, 5.74) is 0. The van der Waals surface area contributed by atoms with Crippen LogP contribution in [0, 0.1) is 11.8 Å². The van der Waals surface area contributed by atoms with E-state index >= 15 is 0 Å². The van der Waals surface area contributed by atoms with Crippen LogP contribution in [-0.4, -0.2) is 35.4 Å². The van der Waals surface area contributed by atoms with Crippen molar-refractivity contribution in [3.8, 4) is 0 Å². The van der Waals surface area contributed by atoms with E-state index in [1.54, 1.807) is 4.90 Å². The van der Waals surface area contributed by atoms with E-state index in [1.807, 2.05) is 6.92 Å². The molecule has 1 saturated carbocycles. The summed E-state index contributed by atoms with van der Waals surface area (Å²) in [4.78, 5) is 14.1. The van der Waals surface area contributed by atoms with Crippen molar-refractivity contribution in [2.75, 3.05) is 18.4 Å². The molecule has 0 spiro atoms. The van der Waals surface area contributed by atoms with Gasteiger partial charge in [-0.15, -0.1) is 0 Å². The summed E-state index contributed by atoms with van der Waals surface area (Å²) in [7, 11) is 0. The fourth-order valence-corrected chi connectivity index (χ4v) is 3.26. The summed E-state index contributed by atoms with van der Waals surface area (Å²) >= 11 is 3.27. The van der Waals surface area contributed by atoms with Crippen LogP contribution in [0.15, 0.2) is 0 Å². The van der Waals surface area contributed by atoms with Gasteiger partial charge in [-0.25, -0.2) is 0 Å². The molecule has 0 aliphatic heterocycles. The minimum absolute atomic E-state index is 0.0931. The van der Waals surface area contributed by atoms with Gasteiger partial charge in [0.1, 0.15) is 0 Å². The molecule has 1 aliphatic carbocycles. The second-order valence-electron chi connectivity index (χ2n) is 5.41. The number of halogens is 4. The molecule has 0 saturated heterocycles. The van der Waals surface area contributed by atoms with Gasteiger partial charge < -0.3 is 4.90 Å². The molecule has 0 aromatic carbocycles. The van der Waals surface area contributed by atoms with Crippen molar-refractivity contribution in [2.45, 2.75) is 51.6 Å². The van der Waals surface area contributed by atoms with Crippen molar-refractivity contribution < 1.29 is 18.0 Å². The van der Waals surface area contributed by atoms with Crippen LogP contribution in [0.4, 0.5) is 13.2 Å². The van der Waals surface area contributed by atoms with E-state index in [2.05, 4.69) is 15.9 Å². The van der Waals surface area contributed by atoms with Gasteiger partial charge >= 0.3 is 6.18 Å². The van der Waals surface area contributed by atoms with Crippen LogP contribution < -0.4 is 0 Å². The van der Waals surface area contributed by atoms with E-state index in [4.69, 9.17) is 0 Å². The lowest BCUT2D eigenvalue weighted by Crippen LogP contribution is -2.45. The average molecular weight is 358 g/mol. The van der Waals surface area contributed by atoms with E-state index in [9.17, 15) is 18.0 Å². The molecule has 2 atom stereocenters. The summed E-state index contributed by atoms with van der Waals surface area (Å²) in [6.07, 6.45) is -0.739. The van der Waals surface area contributed by atoms with Crippen LogP contribution in [0.1, 0.15) is 45.4 Å². The largest absolute Gasteiger partial charge is 0.392 e. The lowest BCUT2D eigenvalue weighted by molar-refractivity contribution is -0.200. The molecule has 2 nitrogen and oxygen atoms in total. The first-order chi connectivity index (χ1) is 9.41. The van der Waals surface area contributed by atoms with Crippen LogP contribution in [0.2, 0.25) is 0 Å². The molecule has 6 heteroatoms. The van der Waals surface area contributed by atoms with E-state index in [0.717, 1.165) is 19.3 Å². The Morgan fingerprint density at radius 2 is 1.90 bits per heavy atom. The molecule has 0 aromatic rings. The number of hydrogen-bond acceptors (Lipinski definition) is 1. The molecule has 1 amide bonds. The molecule has 0 aromatic heterocycles. The zero-order chi connectivity index (χ0) is 15.2. The Hall–Kier alpha value is -0.260. The molecule has 1 fully saturated rings. The van der Waals surface area contributed by atoms with Crippen molar-refractivity contribution in [3.05, 3.63) is 0 Å². The lowest BCUT2D eigenvalue weighted by Gasteiger charge is -2.35.